The lowest BCUT2D eigenvalue weighted by atomic mass is 10.1. The Morgan fingerprint density at radius 1 is 0.917 bits per heavy atom. The van der Waals surface area contributed by atoms with Gasteiger partial charge in [-0.25, -0.2) is 0 Å². The van der Waals surface area contributed by atoms with Crippen LogP contribution in [0.5, 0.6) is 0 Å². The van der Waals surface area contributed by atoms with Crippen LogP contribution in [0.3, 0.4) is 0 Å². The Kier molecular flexibility index (Phi) is 5.57. The number of hydrogen-bond acceptors (Lipinski definition) is 2. The van der Waals surface area contributed by atoms with Crippen LogP contribution in [-0.2, 0) is 13.1 Å². The van der Waals surface area contributed by atoms with Gasteiger partial charge in [0, 0.05) is 23.3 Å². The van der Waals surface area contributed by atoms with Gasteiger partial charge in [0.25, 0.3) is 5.69 Å². The van der Waals surface area contributed by atoms with Crippen LogP contribution in [0.2, 0.25) is 19.6 Å². The van der Waals surface area contributed by atoms with Gasteiger partial charge in [0.2, 0.25) is 0 Å². The van der Waals surface area contributed by atoms with Gasteiger partial charge in [-0.2, -0.15) is 0 Å². The maximum absolute atomic E-state index is 10.8. The normalized spacial score (nSPS) is 14.2. The first-order valence-electron chi connectivity index (χ1n) is 8.28. The van der Waals surface area contributed by atoms with Gasteiger partial charge in [-0.05, 0) is 12.1 Å². The molecule has 0 amide bonds. The summed E-state index contributed by atoms with van der Waals surface area (Å²) in [4.78, 5) is 10.5. The van der Waals surface area contributed by atoms with Crippen LogP contribution in [0.4, 0.5) is 5.69 Å². The summed E-state index contributed by atoms with van der Waals surface area (Å²) in [5.74, 6) is 0. The van der Waals surface area contributed by atoms with E-state index in [1.807, 2.05) is 18.2 Å². The first-order chi connectivity index (χ1) is 11.2. The van der Waals surface area contributed by atoms with Crippen LogP contribution in [0.15, 0.2) is 54.6 Å². The minimum atomic E-state index is -1.27. The van der Waals surface area contributed by atoms with Crippen molar-refractivity contribution in [1.82, 2.24) is 0 Å². The van der Waals surface area contributed by atoms with E-state index in [0.29, 0.717) is 0 Å². The third-order valence-electron chi connectivity index (χ3n) is 3.97. The van der Waals surface area contributed by atoms with Crippen molar-refractivity contribution in [3.05, 3.63) is 75.8 Å². The van der Waals surface area contributed by atoms with Gasteiger partial charge in [0.15, 0.2) is 0 Å². The smallest absolute Gasteiger partial charge is 0.269 e. The highest BCUT2D eigenvalue weighted by Crippen LogP contribution is 2.22. The molecule has 2 aromatic rings. The Morgan fingerprint density at radius 3 is 1.88 bits per heavy atom. The molecule has 1 unspecified atom stereocenters. The summed E-state index contributed by atoms with van der Waals surface area (Å²) < 4.78 is 0.928. The number of nitrogens with zero attached hydrogens (tertiary/aromatic N) is 2. The quantitative estimate of drug-likeness (QED) is 0.319. The summed E-state index contributed by atoms with van der Waals surface area (Å²) in [5, 5.41) is 10.8. The number of rotatable bonds is 7. The maximum Gasteiger partial charge on any atom is 0.269 e. The molecule has 0 fully saturated rings. The Labute approximate surface area is 145 Å². The predicted octanol–water partition coefficient (Wildman–Crippen LogP) is 4.62. The Morgan fingerprint density at radius 2 is 1.42 bits per heavy atom. The van der Waals surface area contributed by atoms with E-state index in [9.17, 15) is 10.1 Å². The Bertz CT molecular complexity index is 681. The fraction of sp³-hybridized carbons (Fsp3) is 0.368. The number of benzene rings is 2. The monoisotopic (exact) mass is 343 g/mol. The van der Waals surface area contributed by atoms with E-state index in [0.717, 1.165) is 23.1 Å². The van der Waals surface area contributed by atoms with E-state index in [1.165, 1.54) is 11.7 Å². The molecule has 0 heterocycles. The average Bonchev–Trinajstić information content (AvgIpc) is 2.46. The van der Waals surface area contributed by atoms with Crippen LogP contribution in [-0.4, -0.2) is 30.7 Å². The van der Waals surface area contributed by atoms with Gasteiger partial charge < -0.3 is 4.48 Å². The molecule has 4 nitrogen and oxygen atoms in total. The third kappa shape index (κ3) is 5.58. The molecule has 2 aromatic carbocycles. The van der Waals surface area contributed by atoms with Crippen molar-refractivity contribution in [2.24, 2.45) is 0 Å². The molecule has 0 aromatic heterocycles. The topological polar surface area (TPSA) is 43.1 Å². The third-order valence-corrected chi connectivity index (χ3v) is 5.69. The number of hydrogen-bond donors (Lipinski definition) is 0. The SMILES string of the molecule is C[N+](Cc1ccccc1)(Cc1ccc([N+](=O)[O-])cc1)C[Si](C)(C)C. The van der Waals surface area contributed by atoms with Crippen molar-refractivity contribution in [1.29, 1.82) is 0 Å². The second kappa shape index (κ2) is 7.28. The predicted molar refractivity (Wildman–Crippen MR) is 101 cm³/mol. The summed E-state index contributed by atoms with van der Waals surface area (Å²) in [6.45, 7) is 9.04. The van der Waals surface area contributed by atoms with Crippen LogP contribution < -0.4 is 0 Å². The molecule has 24 heavy (non-hydrogen) atoms. The molecule has 0 bridgehead atoms. The summed E-state index contributed by atoms with van der Waals surface area (Å²) in [7, 11) is 1.03. The summed E-state index contributed by atoms with van der Waals surface area (Å²) in [6, 6.07) is 17.6. The van der Waals surface area contributed by atoms with Crippen LogP contribution >= 0.6 is 0 Å². The van der Waals surface area contributed by atoms with E-state index in [1.54, 1.807) is 12.1 Å². The van der Waals surface area contributed by atoms with Gasteiger partial charge in [0.05, 0.1) is 18.1 Å². The lowest BCUT2D eigenvalue weighted by Crippen LogP contribution is -2.52. The summed E-state index contributed by atoms with van der Waals surface area (Å²) in [6.07, 6.45) is 1.17. The molecule has 0 saturated carbocycles. The van der Waals surface area contributed by atoms with Gasteiger partial charge in [0.1, 0.15) is 21.2 Å². The zero-order valence-corrected chi connectivity index (χ0v) is 16.0. The maximum atomic E-state index is 10.8. The highest BCUT2D eigenvalue weighted by atomic mass is 28.3. The molecule has 128 valence electrons. The van der Waals surface area contributed by atoms with Crippen molar-refractivity contribution in [3.8, 4) is 0 Å². The van der Waals surface area contributed by atoms with E-state index in [-0.39, 0.29) is 10.6 Å². The Hall–Kier alpha value is -1.98. The molecule has 0 spiro atoms. The fourth-order valence-electron chi connectivity index (χ4n) is 3.50. The van der Waals surface area contributed by atoms with Crippen molar-refractivity contribution in [2.45, 2.75) is 32.7 Å². The molecule has 0 radical (unpaired) electrons. The molecule has 0 N–H and O–H groups in total. The fourth-order valence-corrected chi connectivity index (χ4v) is 6.01. The molecular formula is C19H27N2O2Si+. The molecule has 2 rings (SSSR count). The van der Waals surface area contributed by atoms with Gasteiger partial charge >= 0.3 is 0 Å². The van der Waals surface area contributed by atoms with Crippen LogP contribution in [0.1, 0.15) is 11.1 Å². The molecule has 1 atom stereocenters. The summed E-state index contributed by atoms with van der Waals surface area (Å²) >= 11 is 0. The second-order valence-corrected chi connectivity index (χ2v) is 13.5. The van der Waals surface area contributed by atoms with Crippen molar-refractivity contribution in [3.63, 3.8) is 0 Å². The average molecular weight is 344 g/mol. The number of non-ortho nitro benzene ring substituents is 1. The van der Waals surface area contributed by atoms with Crippen molar-refractivity contribution >= 4 is 13.8 Å². The number of nitro benzene ring substituents is 1. The van der Waals surface area contributed by atoms with E-state index in [4.69, 9.17) is 0 Å². The summed E-state index contributed by atoms with van der Waals surface area (Å²) in [5.41, 5.74) is 2.64. The second-order valence-electron chi connectivity index (χ2n) is 8.06. The van der Waals surface area contributed by atoms with Gasteiger partial charge in [-0.15, -0.1) is 0 Å². The van der Waals surface area contributed by atoms with E-state index < -0.39 is 8.07 Å². The highest BCUT2D eigenvalue weighted by molar-refractivity contribution is 6.75. The van der Waals surface area contributed by atoms with Crippen LogP contribution in [0, 0.1) is 10.1 Å². The van der Waals surface area contributed by atoms with E-state index in [2.05, 4.69) is 51.0 Å². The molecule has 0 aliphatic heterocycles. The molecule has 0 aliphatic carbocycles. The van der Waals surface area contributed by atoms with Crippen molar-refractivity contribution in [2.75, 3.05) is 13.2 Å². The highest BCUT2D eigenvalue weighted by Gasteiger charge is 2.30. The molecular weight excluding hydrogens is 316 g/mol. The number of quaternary nitrogens is 1. The first kappa shape index (κ1) is 18.4. The lowest BCUT2D eigenvalue weighted by molar-refractivity contribution is -0.926. The minimum Gasteiger partial charge on any atom is -0.322 e. The minimum absolute atomic E-state index is 0.154. The zero-order chi connectivity index (χ0) is 17.8. The first-order valence-corrected chi connectivity index (χ1v) is 12.0. The molecule has 0 aliphatic rings. The lowest BCUT2D eigenvalue weighted by Gasteiger charge is -2.39. The zero-order valence-electron chi connectivity index (χ0n) is 15.0. The largest absolute Gasteiger partial charge is 0.322 e. The molecule has 5 heteroatoms. The number of nitro groups is 1. The van der Waals surface area contributed by atoms with Gasteiger partial charge in [-0.3, -0.25) is 10.1 Å². The van der Waals surface area contributed by atoms with Crippen molar-refractivity contribution < 1.29 is 9.41 Å². The van der Waals surface area contributed by atoms with E-state index >= 15 is 0 Å². The Balaban J connectivity index is 2.23. The molecule has 0 saturated heterocycles. The van der Waals surface area contributed by atoms with Gasteiger partial charge in [-0.1, -0.05) is 50.0 Å². The van der Waals surface area contributed by atoms with Crippen LogP contribution in [0.25, 0.3) is 0 Å². The standard InChI is InChI=1S/C19H27N2O2Si/c1-21(16-24(2,3)4,14-17-8-6-5-7-9-17)15-18-10-12-19(13-11-18)20(22)23/h5-13H,14-16H2,1-4H3/q+1.